The van der Waals surface area contributed by atoms with E-state index < -0.39 is 11.5 Å². The highest BCUT2D eigenvalue weighted by Gasteiger charge is 2.38. The fourth-order valence-corrected chi connectivity index (χ4v) is 3.81. The molecule has 4 heterocycles. The third kappa shape index (κ3) is 3.36. The Bertz CT molecular complexity index is 938. The summed E-state index contributed by atoms with van der Waals surface area (Å²) in [5.41, 5.74) is 7.38. The Morgan fingerprint density at radius 3 is 2.86 bits per heavy atom. The van der Waals surface area contributed by atoms with Gasteiger partial charge in [-0.15, -0.1) is 0 Å². The lowest BCUT2D eigenvalue weighted by atomic mass is 9.86. The Labute approximate surface area is 162 Å². The van der Waals surface area contributed by atoms with Crippen LogP contribution in [0.1, 0.15) is 35.7 Å². The van der Waals surface area contributed by atoms with Crippen molar-refractivity contribution in [1.82, 2.24) is 25.2 Å². The molecule has 146 valence electrons. The minimum absolute atomic E-state index is 0.00927. The molecule has 4 rings (SSSR count). The zero-order valence-corrected chi connectivity index (χ0v) is 15.6. The van der Waals surface area contributed by atoms with Crippen LogP contribution in [0.15, 0.2) is 48.9 Å². The summed E-state index contributed by atoms with van der Waals surface area (Å²) in [5.74, 6) is -0.211. The number of aromatic nitrogens is 3. The lowest BCUT2D eigenvalue weighted by molar-refractivity contribution is 0.253. The van der Waals surface area contributed by atoms with Gasteiger partial charge in [-0.2, -0.15) is 0 Å². The summed E-state index contributed by atoms with van der Waals surface area (Å²) in [7, 11) is 2.11. The van der Waals surface area contributed by atoms with Gasteiger partial charge in [-0.25, -0.2) is 14.4 Å². The molecular weight excluding hydrogens is 359 g/mol. The molecule has 1 atom stereocenters. The Hall–Kier alpha value is -2.84. The fraction of sp³-hybridized carbons (Fsp3) is 0.350. The van der Waals surface area contributed by atoms with Crippen molar-refractivity contribution < 1.29 is 9.50 Å². The number of aliphatic hydroxyl groups excluding tert-OH is 1. The zero-order valence-electron chi connectivity index (χ0n) is 15.6. The van der Waals surface area contributed by atoms with E-state index in [1.165, 1.54) is 30.9 Å². The SMILES string of the molecule is CN1CCC(c2cc(C3=CC(O)=CNC3(N)c3ccncc3F)ncn2)CC1. The molecule has 1 saturated heterocycles. The highest BCUT2D eigenvalue weighted by Crippen LogP contribution is 2.36. The fourth-order valence-electron chi connectivity index (χ4n) is 3.81. The van der Waals surface area contributed by atoms with Crippen molar-refractivity contribution in [2.24, 2.45) is 5.73 Å². The Morgan fingerprint density at radius 1 is 1.32 bits per heavy atom. The number of hydrogen-bond donors (Lipinski definition) is 3. The van der Waals surface area contributed by atoms with Crippen LogP contribution in [0.3, 0.4) is 0 Å². The molecule has 2 aliphatic heterocycles. The predicted octanol–water partition coefficient (Wildman–Crippen LogP) is 2.02. The molecule has 0 amide bonds. The predicted molar refractivity (Wildman–Crippen MR) is 103 cm³/mol. The average molecular weight is 382 g/mol. The van der Waals surface area contributed by atoms with Crippen molar-refractivity contribution >= 4 is 5.57 Å². The van der Waals surface area contributed by atoms with Crippen molar-refractivity contribution in [2.45, 2.75) is 24.4 Å². The van der Waals surface area contributed by atoms with Crippen LogP contribution >= 0.6 is 0 Å². The van der Waals surface area contributed by atoms with Crippen LogP contribution < -0.4 is 11.1 Å². The topological polar surface area (TPSA) is 100 Å². The van der Waals surface area contributed by atoms with E-state index in [1.54, 1.807) is 0 Å². The average Bonchev–Trinajstić information content (AvgIpc) is 2.71. The summed E-state index contributed by atoms with van der Waals surface area (Å²) in [6.45, 7) is 2.03. The number of pyridine rings is 1. The number of nitrogens with one attached hydrogen (secondary N) is 1. The van der Waals surface area contributed by atoms with Gasteiger partial charge in [0.05, 0.1) is 11.9 Å². The first-order chi connectivity index (χ1) is 13.5. The maximum atomic E-state index is 14.5. The number of nitrogens with zero attached hydrogens (tertiary/aromatic N) is 4. The molecule has 0 radical (unpaired) electrons. The van der Waals surface area contributed by atoms with Crippen LogP contribution in [0.5, 0.6) is 0 Å². The molecule has 8 heteroatoms. The highest BCUT2D eigenvalue weighted by atomic mass is 19.1. The molecule has 4 N–H and O–H groups in total. The van der Waals surface area contributed by atoms with E-state index in [9.17, 15) is 9.50 Å². The molecule has 28 heavy (non-hydrogen) atoms. The third-order valence-electron chi connectivity index (χ3n) is 5.46. The van der Waals surface area contributed by atoms with E-state index in [0.29, 0.717) is 17.2 Å². The number of hydrogen-bond acceptors (Lipinski definition) is 7. The molecule has 0 aromatic carbocycles. The van der Waals surface area contributed by atoms with Gasteiger partial charge in [0.25, 0.3) is 0 Å². The van der Waals surface area contributed by atoms with Gasteiger partial charge in [-0.1, -0.05) is 0 Å². The largest absolute Gasteiger partial charge is 0.506 e. The lowest BCUT2D eigenvalue weighted by Gasteiger charge is -2.35. The molecule has 2 aliphatic rings. The van der Waals surface area contributed by atoms with Gasteiger partial charge in [0, 0.05) is 35.1 Å². The molecule has 0 aliphatic carbocycles. The van der Waals surface area contributed by atoms with E-state index in [2.05, 4.69) is 32.2 Å². The third-order valence-corrected chi connectivity index (χ3v) is 5.46. The summed E-state index contributed by atoms with van der Waals surface area (Å²) in [5, 5.41) is 13.0. The molecule has 2 aromatic heterocycles. The number of likely N-dealkylation sites (tertiary alicyclic amines) is 1. The second kappa shape index (κ2) is 7.29. The van der Waals surface area contributed by atoms with Gasteiger partial charge < -0.3 is 21.1 Å². The van der Waals surface area contributed by atoms with E-state index in [0.717, 1.165) is 37.8 Å². The molecule has 0 bridgehead atoms. The minimum Gasteiger partial charge on any atom is -0.506 e. The molecule has 2 aromatic rings. The summed E-state index contributed by atoms with van der Waals surface area (Å²) >= 11 is 0. The van der Waals surface area contributed by atoms with Crippen LogP contribution in [0.4, 0.5) is 4.39 Å². The van der Waals surface area contributed by atoms with Crippen molar-refractivity contribution in [3.8, 4) is 0 Å². The Kier molecular flexibility index (Phi) is 4.82. The second-order valence-electron chi connectivity index (χ2n) is 7.34. The maximum absolute atomic E-state index is 14.5. The molecule has 1 fully saturated rings. The van der Waals surface area contributed by atoms with Gasteiger partial charge in [-0.3, -0.25) is 4.98 Å². The summed E-state index contributed by atoms with van der Waals surface area (Å²) in [6, 6.07) is 3.41. The summed E-state index contributed by atoms with van der Waals surface area (Å²) < 4.78 is 14.5. The molecule has 0 spiro atoms. The number of piperidine rings is 1. The van der Waals surface area contributed by atoms with Crippen molar-refractivity contribution in [3.05, 3.63) is 71.7 Å². The second-order valence-corrected chi connectivity index (χ2v) is 7.34. The number of allylic oxidation sites excluding steroid dienone is 1. The summed E-state index contributed by atoms with van der Waals surface area (Å²) in [6.07, 6.45) is 8.99. The first-order valence-electron chi connectivity index (χ1n) is 9.26. The standard InChI is InChI=1S/C20H23FN6O/c1-27-6-3-13(4-7-27)18-9-19(25-12-24-18)16-8-14(28)10-26-20(16,22)15-2-5-23-11-17(15)21/h2,5,8-13,26,28H,3-4,6-7,22H2,1H3. The molecular formula is C20H23FN6O. The van der Waals surface area contributed by atoms with Gasteiger partial charge >= 0.3 is 0 Å². The molecule has 0 saturated carbocycles. The molecule has 1 unspecified atom stereocenters. The van der Waals surface area contributed by atoms with Gasteiger partial charge in [0.2, 0.25) is 0 Å². The lowest BCUT2D eigenvalue weighted by Crippen LogP contribution is -2.51. The number of aliphatic hydroxyl groups is 1. The number of dihydropyridines is 1. The first-order valence-corrected chi connectivity index (χ1v) is 9.26. The van der Waals surface area contributed by atoms with Gasteiger partial charge in [0.1, 0.15) is 23.6 Å². The van der Waals surface area contributed by atoms with Crippen LogP contribution in [0.2, 0.25) is 0 Å². The first kappa shape index (κ1) is 18.5. The van der Waals surface area contributed by atoms with Crippen LogP contribution in [-0.4, -0.2) is 45.1 Å². The normalized spacial score (nSPS) is 23.7. The van der Waals surface area contributed by atoms with Gasteiger partial charge in [0.15, 0.2) is 0 Å². The molecule has 7 nitrogen and oxygen atoms in total. The Morgan fingerprint density at radius 2 is 2.11 bits per heavy atom. The van der Waals surface area contributed by atoms with Crippen LogP contribution in [0, 0.1) is 5.82 Å². The number of nitrogens with two attached hydrogens (primary N) is 1. The van der Waals surface area contributed by atoms with Gasteiger partial charge in [-0.05, 0) is 51.2 Å². The quantitative estimate of drug-likeness (QED) is 0.747. The van der Waals surface area contributed by atoms with Crippen molar-refractivity contribution in [1.29, 1.82) is 0 Å². The number of rotatable bonds is 3. The highest BCUT2D eigenvalue weighted by molar-refractivity contribution is 5.75. The van der Waals surface area contributed by atoms with E-state index in [4.69, 9.17) is 5.73 Å². The van der Waals surface area contributed by atoms with Crippen LogP contribution in [0.25, 0.3) is 5.57 Å². The summed E-state index contributed by atoms with van der Waals surface area (Å²) in [4.78, 5) is 14.9. The Balaban J connectivity index is 1.74. The zero-order chi connectivity index (χ0) is 19.7. The van der Waals surface area contributed by atoms with E-state index in [1.807, 2.05) is 6.07 Å². The van der Waals surface area contributed by atoms with Crippen molar-refractivity contribution in [3.63, 3.8) is 0 Å². The van der Waals surface area contributed by atoms with Crippen molar-refractivity contribution in [2.75, 3.05) is 20.1 Å². The monoisotopic (exact) mass is 382 g/mol. The van der Waals surface area contributed by atoms with E-state index >= 15 is 0 Å². The van der Waals surface area contributed by atoms with E-state index in [-0.39, 0.29) is 11.3 Å². The van der Waals surface area contributed by atoms with Crippen LogP contribution in [-0.2, 0) is 5.66 Å². The maximum Gasteiger partial charge on any atom is 0.148 e. The smallest absolute Gasteiger partial charge is 0.148 e. The number of halogens is 1. The minimum atomic E-state index is -1.39.